The van der Waals surface area contributed by atoms with Crippen molar-refractivity contribution >= 4 is 27.7 Å². The molecule has 7 heteroatoms. The lowest BCUT2D eigenvalue weighted by atomic mass is 10.0. The second-order valence-corrected chi connectivity index (χ2v) is 9.30. The number of unbranched alkanes of at least 4 members (excludes halogenated alkanes) is 9. The van der Waals surface area contributed by atoms with E-state index in [1.165, 1.54) is 62.4 Å². The predicted octanol–water partition coefficient (Wildman–Crippen LogP) is 6.61. The number of aromatic nitrogens is 1. The van der Waals surface area contributed by atoms with Crippen molar-refractivity contribution in [1.29, 1.82) is 0 Å². The minimum absolute atomic E-state index is 0.156. The Labute approximate surface area is 177 Å². The average molecular weight is 430 g/mol. The quantitative estimate of drug-likeness (QED) is 0.155. The summed E-state index contributed by atoms with van der Waals surface area (Å²) in [4.78, 5) is 15.6. The number of methoxy groups -OCH3 is 1. The van der Waals surface area contributed by atoms with Crippen LogP contribution in [0.15, 0.2) is 12.3 Å². The SMILES string of the molecule is CCCCCCCCCCCCC(=O)c1c[nH]c(C2(OC)OCCSSO2)c1. The highest BCUT2D eigenvalue weighted by Crippen LogP contribution is 2.39. The van der Waals surface area contributed by atoms with Crippen molar-refractivity contribution in [2.24, 2.45) is 0 Å². The molecule has 1 saturated heterocycles. The van der Waals surface area contributed by atoms with Crippen LogP contribution in [-0.2, 0) is 19.6 Å². The van der Waals surface area contributed by atoms with E-state index in [4.69, 9.17) is 13.7 Å². The third-order valence-electron chi connectivity index (χ3n) is 5.01. The number of Topliss-reactive ketones (excluding diaryl/α,β-unsaturated/α-hetero) is 1. The van der Waals surface area contributed by atoms with Crippen molar-refractivity contribution in [3.63, 3.8) is 0 Å². The molecule has 0 amide bonds. The van der Waals surface area contributed by atoms with E-state index < -0.39 is 5.97 Å². The van der Waals surface area contributed by atoms with Crippen LogP contribution in [0.2, 0.25) is 0 Å². The minimum atomic E-state index is -1.27. The van der Waals surface area contributed by atoms with Crippen LogP contribution in [0, 0.1) is 0 Å². The highest BCUT2D eigenvalue weighted by molar-refractivity contribution is 8.74. The van der Waals surface area contributed by atoms with Crippen molar-refractivity contribution in [1.82, 2.24) is 4.98 Å². The van der Waals surface area contributed by atoms with Gasteiger partial charge in [-0.3, -0.25) is 4.79 Å². The van der Waals surface area contributed by atoms with Gasteiger partial charge in [-0.25, -0.2) is 4.18 Å². The van der Waals surface area contributed by atoms with Gasteiger partial charge in [0.1, 0.15) is 5.69 Å². The molecule has 0 aliphatic carbocycles. The normalized spacial score (nSPS) is 20.2. The summed E-state index contributed by atoms with van der Waals surface area (Å²) >= 11 is 1.25. The molecule has 1 aliphatic heterocycles. The van der Waals surface area contributed by atoms with E-state index in [-0.39, 0.29) is 5.78 Å². The predicted molar refractivity (Wildman–Crippen MR) is 117 cm³/mol. The van der Waals surface area contributed by atoms with Gasteiger partial charge in [0.25, 0.3) is 0 Å². The third-order valence-corrected chi connectivity index (χ3v) is 6.72. The summed E-state index contributed by atoms with van der Waals surface area (Å²) in [5.74, 6) is -0.297. The first-order valence-corrected chi connectivity index (χ1v) is 12.8. The average Bonchev–Trinajstić information content (AvgIpc) is 3.09. The maximum Gasteiger partial charge on any atom is 0.339 e. The molecule has 1 aromatic rings. The number of carbonyl (C=O) groups excluding carboxylic acids is 1. The van der Waals surface area contributed by atoms with Crippen molar-refractivity contribution in [2.45, 2.75) is 83.5 Å². The zero-order valence-corrected chi connectivity index (χ0v) is 18.9. The van der Waals surface area contributed by atoms with Crippen LogP contribution >= 0.6 is 21.9 Å². The Morgan fingerprint density at radius 1 is 1.14 bits per heavy atom. The Kier molecular flexibility index (Phi) is 11.6. The summed E-state index contributed by atoms with van der Waals surface area (Å²) in [6, 6.07) is 1.79. The largest absolute Gasteiger partial charge is 0.358 e. The Morgan fingerprint density at radius 3 is 2.50 bits per heavy atom. The van der Waals surface area contributed by atoms with Crippen LogP contribution in [0.25, 0.3) is 0 Å². The zero-order chi connectivity index (χ0) is 20.1. The lowest BCUT2D eigenvalue weighted by Crippen LogP contribution is -2.33. The van der Waals surface area contributed by atoms with Crippen LogP contribution in [0.1, 0.15) is 93.6 Å². The van der Waals surface area contributed by atoms with Gasteiger partial charge in [-0.15, -0.1) is 0 Å². The molecule has 2 rings (SSSR count). The molecule has 1 fully saturated rings. The first kappa shape index (κ1) is 23.8. The number of rotatable bonds is 14. The van der Waals surface area contributed by atoms with Gasteiger partial charge in [-0.2, -0.15) is 0 Å². The second kappa shape index (κ2) is 13.7. The van der Waals surface area contributed by atoms with Crippen molar-refractivity contribution in [2.75, 3.05) is 19.5 Å². The minimum Gasteiger partial charge on any atom is -0.358 e. The van der Waals surface area contributed by atoms with E-state index in [9.17, 15) is 4.79 Å². The first-order chi connectivity index (χ1) is 13.7. The van der Waals surface area contributed by atoms with Crippen LogP contribution < -0.4 is 0 Å². The number of ether oxygens (including phenoxy) is 2. The summed E-state index contributed by atoms with van der Waals surface area (Å²) in [6.45, 7) is 2.77. The van der Waals surface area contributed by atoms with Gasteiger partial charge in [0.05, 0.1) is 17.7 Å². The fourth-order valence-corrected chi connectivity index (χ4v) is 4.70. The lowest BCUT2D eigenvalue weighted by molar-refractivity contribution is -0.338. The summed E-state index contributed by atoms with van der Waals surface area (Å²) < 4.78 is 16.9. The zero-order valence-electron chi connectivity index (χ0n) is 17.3. The summed E-state index contributed by atoms with van der Waals surface area (Å²) in [5, 5.41) is 0. The smallest absolute Gasteiger partial charge is 0.339 e. The molecule has 1 aliphatic rings. The maximum absolute atomic E-state index is 12.5. The first-order valence-electron chi connectivity index (χ1n) is 10.6. The second-order valence-electron chi connectivity index (χ2n) is 7.24. The van der Waals surface area contributed by atoms with E-state index in [0.29, 0.717) is 24.3 Å². The lowest BCUT2D eigenvalue weighted by Gasteiger charge is -2.27. The molecule has 28 heavy (non-hydrogen) atoms. The van der Waals surface area contributed by atoms with Crippen molar-refractivity contribution < 1.29 is 18.5 Å². The van der Waals surface area contributed by atoms with Crippen LogP contribution in [0.5, 0.6) is 0 Å². The highest BCUT2D eigenvalue weighted by Gasteiger charge is 2.39. The monoisotopic (exact) mass is 429 g/mol. The van der Waals surface area contributed by atoms with E-state index >= 15 is 0 Å². The van der Waals surface area contributed by atoms with Gasteiger partial charge in [-0.1, -0.05) is 75.5 Å². The fraction of sp³-hybridized carbons (Fsp3) is 0.762. The van der Waals surface area contributed by atoms with Gasteiger partial charge >= 0.3 is 5.97 Å². The third kappa shape index (κ3) is 7.75. The van der Waals surface area contributed by atoms with Crippen LogP contribution in [0.4, 0.5) is 0 Å². The number of hydrogen-bond donors (Lipinski definition) is 1. The van der Waals surface area contributed by atoms with E-state index in [2.05, 4.69) is 11.9 Å². The molecule has 0 bridgehead atoms. The molecule has 160 valence electrons. The van der Waals surface area contributed by atoms with Gasteiger partial charge in [-0.05, 0) is 12.5 Å². The van der Waals surface area contributed by atoms with Gasteiger partial charge < -0.3 is 14.5 Å². The topological polar surface area (TPSA) is 60.6 Å². The fourth-order valence-electron chi connectivity index (χ4n) is 3.31. The molecule has 0 saturated carbocycles. The molecule has 1 unspecified atom stereocenters. The molecule has 1 aromatic heterocycles. The standard InChI is InChI=1S/C21H35NO4S2/c1-3-4-5-6-7-8-9-10-11-12-13-19(23)18-16-20(22-17-18)21(24-2)25-14-15-27-28-26-21/h16-17,22H,3-15H2,1-2H3. The van der Waals surface area contributed by atoms with E-state index in [1.807, 2.05) is 0 Å². The van der Waals surface area contributed by atoms with Gasteiger partial charge in [0.2, 0.25) is 0 Å². The molecule has 2 heterocycles. The number of H-pyrrole nitrogens is 1. The van der Waals surface area contributed by atoms with Crippen molar-refractivity contribution in [3.8, 4) is 0 Å². The van der Waals surface area contributed by atoms with Crippen LogP contribution in [0.3, 0.4) is 0 Å². The van der Waals surface area contributed by atoms with Crippen molar-refractivity contribution in [3.05, 3.63) is 23.5 Å². The van der Waals surface area contributed by atoms with Crippen LogP contribution in [-0.4, -0.2) is 30.2 Å². The van der Waals surface area contributed by atoms with E-state index in [0.717, 1.165) is 18.6 Å². The highest BCUT2D eigenvalue weighted by atomic mass is 33.1. The Balaban J connectivity index is 1.67. The number of carbonyl (C=O) groups is 1. The number of hydrogen-bond acceptors (Lipinski definition) is 6. The summed E-state index contributed by atoms with van der Waals surface area (Å²) in [6.07, 6.45) is 15.0. The number of ketones is 1. The number of nitrogens with one attached hydrogen (secondary N) is 1. The summed E-state index contributed by atoms with van der Waals surface area (Å²) in [5.41, 5.74) is 1.29. The maximum atomic E-state index is 12.5. The molecule has 5 nitrogen and oxygen atoms in total. The Morgan fingerprint density at radius 2 is 1.82 bits per heavy atom. The molecular formula is C21H35NO4S2. The Hall–Kier alpha value is -0.470. The molecule has 0 aromatic carbocycles. The molecule has 0 spiro atoms. The number of aromatic amines is 1. The molecule has 0 radical (unpaired) electrons. The molecule has 1 atom stereocenters. The van der Waals surface area contributed by atoms with E-state index in [1.54, 1.807) is 30.2 Å². The van der Waals surface area contributed by atoms with Gasteiger partial charge in [0.15, 0.2) is 5.78 Å². The molecular weight excluding hydrogens is 394 g/mol. The van der Waals surface area contributed by atoms with Gasteiger partial charge in [0, 0.05) is 31.0 Å². The Bertz CT molecular complexity index is 556. The molecule has 1 N–H and O–H groups in total. The summed E-state index contributed by atoms with van der Waals surface area (Å²) in [7, 11) is 3.12.